The van der Waals surface area contributed by atoms with Gasteiger partial charge in [-0.05, 0) is 47.2 Å². The first-order valence-corrected chi connectivity index (χ1v) is 7.10. The van der Waals surface area contributed by atoms with E-state index in [1.807, 2.05) is 23.1 Å². The Hall–Kier alpha value is -1.43. The zero-order valence-electron chi connectivity index (χ0n) is 10.6. The molecule has 1 heterocycles. The van der Waals surface area contributed by atoms with Crippen LogP contribution in [0.25, 0.3) is 0 Å². The summed E-state index contributed by atoms with van der Waals surface area (Å²) in [4.78, 5) is 18.6. The summed E-state index contributed by atoms with van der Waals surface area (Å²) in [7, 11) is 0. The van der Waals surface area contributed by atoms with Gasteiger partial charge in [0.2, 0.25) is 0 Å². The van der Waals surface area contributed by atoms with Crippen molar-refractivity contribution < 1.29 is 4.79 Å². The summed E-state index contributed by atoms with van der Waals surface area (Å²) in [6.07, 6.45) is 4.09. The molecule has 1 aliphatic rings. The first kappa shape index (κ1) is 14.0. The third-order valence-corrected chi connectivity index (χ3v) is 3.62. The summed E-state index contributed by atoms with van der Waals surface area (Å²) >= 11 is 2.20. The number of allylic oxidation sites excluding steroid dienone is 1. The normalized spacial score (nSPS) is 15.2. The van der Waals surface area contributed by atoms with Crippen LogP contribution in [0, 0.1) is 3.57 Å². The molecular formula is C15H15IN2O. The summed E-state index contributed by atoms with van der Waals surface area (Å²) < 4.78 is 1.02. The number of carbonyl (C=O) groups is 1. The highest BCUT2D eigenvalue weighted by Gasteiger charge is 2.23. The number of aliphatic imine (C=N–C) groups is 1. The molecule has 0 saturated carbocycles. The summed E-state index contributed by atoms with van der Waals surface area (Å²) in [5.41, 5.74) is 2.43. The van der Waals surface area contributed by atoms with Gasteiger partial charge >= 0.3 is 0 Å². The number of hydrogen-bond acceptors (Lipinski definition) is 2. The largest absolute Gasteiger partial charge is 0.334 e. The fraction of sp³-hybridized carbons (Fsp3) is 0.200. The van der Waals surface area contributed by atoms with Gasteiger partial charge in [-0.15, -0.1) is 0 Å². The van der Waals surface area contributed by atoms with Crippen molar-refractivity contribution in [2.45, 2.75) is 6.42 Å². The molecule has 1 aromatic rings. The quantitative estimate of drug-likeness (QED) is 0.457. The molecular weight excluding hydrogens is 351 g/mol. The maximum atomic E-state index is 12.5. The van der Waals surface area contributed by atoms with E-state index in [0.717, 1.165) is 22.1 Å². The van der Waals surface area contributed by atoms with E-state index in [1.165, 1.54) is 0 Å². The molecule has 19 heavy (non-hydrogen) atoms. The van der Waals surface area contributed by atoms with Crippen LogP contribution in [-0.2, 0) is 0 Å². The second-order valence-electron chi connectivity index (χ2n) is 4.40. The van der Waals surface area contributed by atoms with Gasteiger partial charge in [0.25, 0.3) is 5.91 Å². The Kier molecular flexibility index (Phi) is 4.52. The second kappa shape index (κ2) is 6.14. The van der Waals surface area contributed by atoms with Crippen molar-refractivity contribution in [2.24, 2.45) is 4.99 Å². The Morgan fingerprint density at radius 1 is 1.47 bits per heavy atom. The van der Waals surface area contributed by atoms with Gasteiger partial charge in [0, 0.05) is 22.9 Å². The highest BCUT2D eigenvalue weighted by molar-refractivity contribution is 14.1. The molecule has 1 aromatic carbocycles. The maximum absolute atomic E-state index is 12.5. The molecule has 2 rings (SSSR count). The lowest BCUT2D eigenvalue weighted by Gasteiger charge is -2.16. The summed E-state index contributed by atoms with van der Waals surface area (Å²) in [6, 6.07) is 5.68. The van der Waals surface area contributed by atoms with Crippen molar-refractivity contribution in [1.82, 2.24) is 4.90 Å². The van der Waals surface area contributed by atoms with Crippen molar-refractivity contribution >= 4 is 40.4 Å². The molecule has 1 fully saturated rings. The second-order valence-corrected chi connectivity index (χ2v) is 5.65. The van der Waals surface area contributed by atoms with E-state index in [1.54, 1.807) is 12.3 Å². The Bertz CT molecular complexity index is 563. The molecule has 1 saturated heterocycles. The first-order valence-electron chi connectivity index (χ1n) is 6.02. The third kappa shape index (κ3) is 3.32. The van der Waals surface area contributed by atoms with Crippen LogP contribution in [0.15, 0.2) is 48.0 Å². The number of rotatable bonds is 3. The van der Waals surface area contributed by atoms with E-state index in [0.29, 0.717) is 17.8 Å². The van der Waals surface area contributed by atoms with Gasteiger partial charge in [0.05, 0.1) is 11.3 Å². The number of likely N-dealkylation sites (tertiary alicyclic amines) is 1. The Morgan fingerprint density at radius 3 is 2.89 bits per heavy atom. The van der Waals surface area contributed by atoms with Crippen LogP contribution < -0.4 is 0 Å². The lowest BCUT2D eigenvalue weighted by molar-refractivity contribution is 0.0797. The molecule has 0 unspecified atom stereocenters. The highest BCUT2D eigenvalue weighted by atomic mass is 127. The molecule has 4 heteroatoms. The lowest BCUT2D eigenvalue weighted by atomic mass is 10.1. The van der Waals surface area contributed by atoms with Crippen molar-refractivity contribution in [2.75, 3.05) is 13.1 Å². The van der Waals surface area contributed by atoms with Gasteiger partial charge in [-0.1, -0.05) is 24.8 Å². The van der Waals surface area contributed by atoms with Gasteiger partial charge in [0.15, 0.2) is 0 Å². The Morgan fingerprint density at radius 2 is 2.26 bits per heavy atom. The van der Waals surface area contributed by atoms with Crippen LogP contribution in [-0.4, -0.2) is 30.1 Å². The molecule has 0 N–H and O–H groups in total. The molecule has 1 aliphatic heterocycles. The van der Waals surface area contributed by atoms with Gasteiger partial charge < -0.3 is 4.90 Å². The maximum Gasteiger partial charge on any atom is 0.256 e. The predicted octanol–water partition coefficient (Wildman–Crippen LogP) is 3.58. The zero-order chi connectivity index (χ0) is 13.8. The van der Waals surface area contributed by atoms with Gasteiger partial charge in [0.1, 0.15) is 0 Å². The van der Waals surface area contributed by atoms with E-state index in [-0.39, 0.29) is 5.91 Å². The average molecular weight is 366 g/mol. The van der Waals surface area contributed by atoms with Crippen molar-refractivity contribution in [3.8, 4) is 0 Å². The SMILES string of the molecule is C=CC=Nc1ccc(I)cc1C(=O)N1CCC(=C)C1. The van der Waals surface area contributed by atoms with Crippen LogP contribution in [0.2, 0.25) is 0 Å². The molecule has 1 amide bonds. The number of halogens is 1. The van der Waals surface area contributed by atoms with Crippen LogP contribution in [0.1, 0.15) is 16.8 Å². The highest BCUT2D eigenvalue weighted by Crippen LogP contribution is 2.25. The smallest absolute Gasteiger partial charge is 0.256 e. The molecule has 0 bridgehead atoms. The van der Waals surface area contributed by atoms with Gasteiger partial charge in [-0.3, -0.25) is 9.79 Å². The molecule has 0 aromatic heterocycles. The fourth-order valence-electron chi connectivity index (χ4n) is 1.99. The summed E-state index contributed by atoms with van der Waals surface area (Å²) in [6.45, 7) is 8.92. The van der Waals surface area contributed by atoms with Gasteiger partial charge in [-0.25, -0.2) is 0 Å². The first-order chi connectivity index (χ1) is 9.11. The molecule has 0 atom stereocenters. The molecule has 3 nitrogen and oxygen atoms in total. The lowest BCUT2D eigenvalue weighted by Crippen LogP contribution is -2.27. The minimum absolute atomic E-state index is 0.0216. The summed E-state index contributed by atoms with van der Waals surface area (Å²) in [5, 5.41) is 0. The van der Waals surface area contributed by atoms with Crippen LogP contribution >= 0.6 is 22.6 Å². The standard InChI is InChI=1S/C15H15IN2O/c1-3-7-17-14-5-4-12(16)9-13(14)15(19)18-8-6-11(2)10-18/h3-5,7,9H,1-2,6,8,10H2. The monoisotopic (exact) mass is 366 g/mol. The average Bonchev–Trinajstić information content (AvgIpc) is 2.83. The van der Waals surface area contributed by atoms with E-state index >= 15 is 0 Å². The summed E-state index contributed by atoms with van der Waals surface area (Å²) in [5.74, 6) is 0.0216. The predicted molar refractivity (Wildman–Crippen MR) is 87.2 cm³/mol. The molecule has 0 radical (unpaired) electrons. The van der Waals surface area contributed by atoms with E-state index in [9.17, 15) is 4.79 Å². The zero-order valence-corrected chi connectivity index (χ0v) is 12.8. The minimum Gasteiger partial charge on any atom is -0.334 e. The third-order valence-electron chi connectivity index (χ3n) is 2.94. The fourth-order valence-corrected chi connectivity index (χ4v) is 2.48. The number of amides is 1. The minimum atomic E-state index is 0.0216. The number of carbonyl (C=O) groups excluding carboxylic acids is 1. The van der Waals surface area contributed by atoms with Crippen molar-refractivity contribution in [1.29, 1.82) is 0 Å². The number of benzene rings is 1. The number of nitrogens with zero attached hydrogens (tertiary/aromatic N) is 2. The molecule has 0 spiro atoms. The van der Waals surface area contributed by atoms with E-state index in [2.05, 4.69) is 40.7 Å². The topological polar surface area (TPSA) is 32.7 Å². The Balaban J connectivity index is 2.34. The van der Waals surface area contributed by atoms with Crippen LogP contribution in [0.5, 0.6) is 0 Å². The van der Waals surface area contributed by atoms with Crippen molar-refractivity contribution in [3.63, 3.8) is 0 Å². The molecule has 98 valence electrons. The van der Waals surface area contributed by atoms with Gasteiger partial charge in [-0.2, -0.15) is 0 Å². The van der Waals surface area contributed by atoms with Crippen LogP contribution in [0.4, 0.5) is 5.69 Å². The number of hydrogen-bond donors (Lipinski definition) is 0. The molecule has 0 aliphatic carbocycles. The Labute approximate surface area is 126 Å². The van der Waals surface area contributed by atoms with E-state index < -0.39 is 0 Å². The van der Waals surface area contributed by atoms with Crippen molar-refractivity contribution in [3.05, 3.63) is 52.1 Å². The van der Waals surface area contributed by atoms with Crippen LogP contribution in [0.3, 0.4) is 0 Å². The van der Waals surface area contributed by atoms with E-state index in [4.69, 9.17) is 0 Å².